The molecule has 1 unspecified atom stereocenters. The van der Waals surface area contributed by atoms with Crippen molar-refractivity contribution in [3.05, 3.63) is 47.3 Å². The van der Waals surface area contributed by atoms with Crippen LogP contribution in [0.25, 0.3) is 11.5 Å². The van der Waals surface area contributed by atoms with E-state index in [2.05, 4.69) is 25.5 Å². The van der Waals surface area contributed by atoms with E-state index < -0.39 is 23.8 Å². The number of halogens is 3. The molecule has 0 aliphatic heterocycles. The van der Waals surface area contributed by atoms with Gasteiger partial charge in [0, 0.05) is 30.6 Å². The minimum Gasteiger partial charge on any atom is -0.341 e. The molecule has 0 fully saturated rings. The van der Waals surface area contributed by atoms with Crippen LogP contribution in [0.3, 0.4) is 0 Å². The number of alkyl halides is 3. The number of aromatic nitrogens is 5. The summed E-state index contributed by atoms with van der Waals surface area (Å²) in [6.45, 7) is 3.56. The zero-order chi connectivity index (χ0) is 20.5. The molecule has 3 aromatic heterocycles. The van der Waals surface area contributed by atoms with E-state index in [0.717, 1.165) is 16.8 Å². The van der Waals surface area contributed by atoms with Crippen LogP contribution in [-0.2, 0) is 19.6 Å². The molecule has 0 aliphatic rings. The number of nitrogens with one attached hydrogen (secondary N) is 1. The van der Waals surface area contributed by atoms with Crippen molar-refractivity contribution in [2.24, 2.45) is 7.05 Å². The summed E-state index contributed by atoms with van der Waals surface area (Å²) in [6.07, 6.45) is -2.26. The molecule has 11 heteroatoms. The predicted molar refractivity (Wildman–Crippen MR) is 91.0 cm³/mol. The topological polar surface area (TPSA) is 98.7 Å². The molecular weight excluding hydrogens is 377 g/mol. The van der Waals surface area contributed by atoms with E-state index >= 15 is 0 Å². The summed E-state index contributed by atoms with van der Waals surface area (Å²) in [4.78, 5) is 20.8. The summed E-state index contributed by atoms with van der Waals surface area (Å²) in [5.74, 6) is -0.286. The van der Waals surface area contributed by atoms with Crippen LogP contribution in [0.4, 0.5) is 13.2 Å². The Hall–Kier alpha value is -3.24. The monoisotopic (exact) mass is 394 g/mol. The van der Waals surface area contributed by atoms with E-state index in [0.29, 0.717) is 11.6 Å². The van der Waals surface area contributed by atoms with Gasteiger partial charge in [-0.3, -0.25) is 14.5 Å². The van der Waals surface area contributed by atoms with Crippen molar-refractivity contribution in [1.82, 2.24) is 30.2 Å². The van der Waals surface area contributed by atoms with E-state index in [1.54, 1.807) is 19.2 Å². The molecule has 0 aromatic carbocycles. The molecule has 1 atom stereocenters. The second kappa shape index (κ2) is 7.41. The maximum atomic E-state index is 12.7. The Morgan fingerprint density at radius 1 is 1.36 bits per heavy atom. The Morgan fingerprint density at radius 3 is 2.75 bits per heavy atom. The normalized spacial score (nSPS) is 12.8. The van der Waals surface area contributed by atoms with Gasteiger partial charge in [0.2, 0.25) is 0 Å². The quantitative estimate of drug-likeness (QED) is 0.714. The Morgan fingerprint density at radius 2 is 2.11 bits per heavy atom. The first kappa shape index (κ1) is 19.5. The maximum Gasteiger partial charge on any atom is 0.435 e. The number of rotatable bonds is 5. The van der Waals surface area contributed by atoms with Gasteiger partial charge in [-0.2, -0.15) is 23.3 Å². The number of carbonyl (C=O) groups excluding carboxylic acids is 1. The number of pyridine rings is 1. The van der Waals surface area contributed by atoms with Gasteiger partial charge < -0.3 is 9.84 Å². The Balaban J connectivity index is 1.75. The van der Waals surface area contributed by atoms with Crippen LogP contribution in [-0.4, -0.2) is 30.8 Å². The van der Waals surface area contributed by atoms with Crippen molar-refractivity contribution in [3.63, 3.8) is 0 Å². The summed E-state index contributed by atoms with van der Waals surface area (Å²) < 4.78 is 44.3. The average Bonchev–Trinajstić information content (AvgIpc) is 3.28. The average molecular weight is 394 g/mol. The first-order valence-electron chi connectivity index (χ1n) is 8.40. The first-order valence-corrected chi connectivity index (χ1v) is 8.40. The molecule has 0 saturated carbocycles. The highest BCUT2D eigenvalue weighted by Gasteiger charge is 2.35. The molecule has 0 aliphatic carbocycles. The maximum absolute atomic E-state index is 12.7. The molecule has 0 spiro atoms. The molecule has 0 saturated heterocycles. The standard InChI is InChI=1S/C17H17F3N6O2/c1-4-11-7-10(5-6-21-11)16-23-14(25-28-16)9(2)22-15(27)12-8-13(17(18,19)20)24-26(12)3/h5-9H,4H2,1-3H3,(H,22,27). The molecule has 3 aromatic rings. The van der Waals surface area contributed by atoms with Crippen molar-refractivity contribution in [3.8, 4) is 11.5 Å². The number of nitrogens with zero attached hydrogens (tertiary/aromatic N) is 5. The van der Waals surface area contributed by atoms with E-state index in [9.17, 15) is 18.0 Å². The summed E-state index contributed by atoms with van der Waals surface area (Å²) in [5.41, 5.74) is 0.171. The molecule has 3 rings (SSSR count). The van der Waals surface area contributed by atoms with Gasteiger partial charge in [-0.1, -0.05) is 12.1 Å². The molecule has 148 valence electrons. The number of carbonyl (C=O) groups is 1. The van der Waals surface area contributed by atoms with Crippen molar-refractivity contribution in [2.75, 3.05) is 0 Å². The molecular formula is C17H17F3N6O2. The van der Waals surface area contributed by atoms with Gasteiger partial charge in [0.1, 0.15) is 5.69 Å². The SMILES string of the molecule is CCc1cc(-c2nc(C(C)NC(=O)c3cc(C(F)(F)F)nn3C)no2)ccn1. The van der Waals surface area contributed by atoms with Gasteiger partial charge in [0.15, 0.2) is 11.5 Å². The van der Waals surface area contributed by atoms with Crippen molar-refractivity contribution >= 4 is 5.91 Å². The second-order valence-electron chi connectivity index (χ2n) is 6.08. The van der Waals surface area contributed by atoms with Gasteiger partial charge in [0.05, 0.1) is 6.04 Å². The highest BCUT2D eigenvalue weighted by molar-refractivity contribution is 5.92. The highest BCUT2D eigenvalue weighted by Crippen LogP contribution is 2.28. The van der Waals surface area contributed by atoms with Crippen LogP contribution >= 0.6 is 0 Å². The minimum absolute atomic E-state index is 0.191. The van der Waals surface area contributed by atoms with Crippen LogP contribution < -0.4 is 5.32 Å². The van der Waals surface area contributed by atoms with Crippen LogP contribution in [0.2, 0.25) is 0 Å². The fourth-order valence-corrected chi connectivity index (χ4v) is 2.49. The zero-order valence-corrected chi connectivity index (χ0v) is 15.3. The van der Waals surface area contributed by atoms with Gasteiger partial charge in [0.25, 0.3) is 11.8 Å². The molecule has 0 bridgehead atoms. The summed E-state index contributed by atoms with van der Waals surface area (Å²) in [6, 6.07) is 3.53. The lowest BCUT2D eigenvalue weighted by Gasteiger charge is -2.09. The fourth-order valence-electron chi connectivity index (χ4n) is 2.49. The van der Waals surface area contributed by atoms with Gasteiger partial charge in [-0.25, -0.2) is 0 Å². The Bertz CT molecular complexity index is 995. The van der Waals surface area contributed by atoms with E-state index in [4.69, 9.17) is 4.52 Å². The smallest absolute Gasteiger partial charge is 0.341 e. The predicted octanol–water partition coefficient (Wildman–Crippen LogP) is 2.94. The van der Waals surface area contributed by atoms with Crippen LogP contribution in [0, 0.1) is 0 Å². The number of hydrogen-bond donors (Lipinski definition) is 1. The zero-order valence-electron chi connectivity index (χ0n) is 15.3. The lowest BCUT2D eigenvalue weighted by atomic mass is 10.2. The fraction of sp³-hybridized carbons (Fsp3) is 0.353. The third-order valence-electron chi connectivity index (χ3n) is 4.01. The van der Waals surface area contributed by atoms with Crippen LogP contribution in [0.5, 0.6) is 0 Å². The summed E-state index contributed by atoms with van der Waals surface area (Å²) >= 11 is 0. The first-order chi connectivity index (χ1) is 13.2. The molecule has 3 heterocycles. The molecule has 1 amide bonds. The largest absolute Gasteiger partial charge is 0.435 e. The summed E-state index contributed by atoms with van der Waals surface area (Å²) in [5, 5.41) is 9.70. The molecule has 8 nitrogen and oxygen atoms in total. The third-order valence-corrected chi connectivity index (χ3v) is 4.01. The second-order valence-corrected chi connectivity index (χ2v) is 6.08. The van der Waals surface area contributed by atoms with Gasteiger partial charge in [-0.15, -0.1) is 0 Å². The van der Waals surface area contributed by atoms with E-state index in [1.807, 2.05) is 13.0 Å². The lowest BCUT2D eigenvalue weighted by molar-refractivity contribution is -0.141. The Labute approximate surface area is 157 Å². The van der Waals surface area contributed by atoms with Crippen LogP contribution in [0.1, 0.15) is 47.6 Å². The molecule has 1 N–H and O–H groups in total. The van der Waals surface area contributed by atoms with E-state index in [-0.39, 0.29) is 17.4 Å². The number of hydrogen-bond acceptors (Lipinski definition) is 6. The molecule has 28 heavy (non-hydrogen) atoms. The summed E-state index contributed by atoms with van der Waals surface area (Å²) in [7, 11) is 1.26. The van der Waals surface area contributed by atoms with E-state index in [1.165, 1.54) is 7.05 Å². The van der Waals surface area contributed by atoms with Gasteiger partial charge >= 0.3 is 6.18 Å². The van der Waals surface area contributed by atoms with Crippen molar-refractivity contribution < 1.29 is 22.5 Å². The molecule has 0 radical (unpaired) electrons. The number of amides is 1. The van der Waals surface area contributed by atoms with Gasteiger partial charge in [-0.05, 0) is 25.5 Å². The Kier molecular flexibility index (Phi) is 5.16. The number of aryl methyl sites for hydroxylation is 2. The third kappa shape index (κ3) is 4.02. The van der Waals surface area contributed by atoms with Crippen LogP contribution in [0.15, 0.2) is 28.9 Å². The minimum atomic E-state index is -4.63. The highest BCUT2D eigenvalue weighted by atomic mass is 19.4. The lowest BCUT2D eigenvalue weighted by Crippen LogP contribution is -2.29. The van der Waals surface area contributed by atoms with Crippen molar-refractivity contribution in [2.45, 2.75) is 32.5 Å². The van der Waals surface area contributed by atoms with Crippen molar-refractivity contribution in [1.29, 1.82) is 0 Å².